The third-order valence-corrected chi connectivity index (χ3v) is 4.95. The van der Waals surface area contributed by atoms with Crippen LogP contribution in [0.15, 0.2) is 54.7 Å². The Morgan fingerprint density at radius 2 is 1.82 bits per heavy atom. The SMILES string of the molecule is CNCC(C)C(=O)NCC(c1ccc(OC)cc1)c1c[nH]c2ccccc12.Cl. The number of H-pyrrole nitrogens is 1. The fourth-order valence-corrected chi connectivity index (χ4v) is 3.40. The molecule has 1 aromatic heterocycles. The van der Waals surface area contributed by atoms with Crippen LogP contribution in [0.1, 0.15) is 24.0 Å². The molecular weight excluding hydrogens is 374 g/mol. The van der Waals surface area contributed by atoms with Gasteiger partial charge in [0.25, 0.3) is 0 Å². The Hall–Kier alpha value is -2.50. The lowest BCUT2D eigenvalue weighted by molar-refractivity contribution is -0.124. The highest BCUT2D eigenvalue weighted by Crippen LogP contribution is 2.31. The Labute approximate surface area is 172 Å². The number of benzene rings is 2. The molecule has 3 rings (SSSR count). The van der Waals surface area contributed by atoms with Crippen molar-refractivity contribution in [1.82, 2.24) is 15.6 Å². The summed E-state index contributed by atoms with van der Waals surface area (Å²) >= 11 is 0. The van der Waals surface area contributed by atoms with Crippen LogP contribution in [0.2, 0.25) is 0 Å². The monoisotopic (exact) mass is 401 g/mol. The molecule has 1 amide bonds. The zero-order chi connectivity index (χ0) is 19.2. The average Bonchev–Trinajstić information content (AvgIpc) is 3.12. The minimum atomic E-state index is -0.0745. The van der Waals surface area contributed by atoms with E-state index in [1.165, 1.54) is 10.9 Å². The lowest BCUT2D eigenvalue weighted by Gasteiger charge is -2.20. The second-order valence-electron chi connectivity index (χ2n) is 6.82. The van der Waals surface area contributed by atoms with Gasteiger partial charge in [0.2, 0.25) is 5.91 Å². The largest absolute Gasteiger partial charge is 0.497 e. The zero-order valence-corrected chi connectivity index (χ0v) is 17.3. The number of aromatic amines is 1. The van der Waals surface area contributed by atoms with E-state index in [4.69, 9.17) is 4.74 Å². The van der Waals surface area contributed by atoms with E-state index < -0.39 is 0 Å². The fraction of sp³-hybridized carbons (Fsp3) is 0.318. The molecule has 0 aliphatic heterocycles. The van der Waals surface area contributed by atoms with E-state index in [9.17, 15) is 4.79 Å². The molecule has 0 saturated heterocycles. The first-order valence-electron chi connectivity index (χ1n) is 9.26. The van der Waals surface area contributed by atoms with E-state index in [2.05, 4.69) is 39.9 Å². The van der Waals surface area contributed by atoms with Crippen molar-refractivity contribution in [1.29, 1.82) is 0 Å². The molecule has 0 saturated carbocycles. The van der Waals surface area contributed by atoms with Gasteiger partial charge in [-0.05, 0) is 36.4 Å². The molecule has 0 fully saturated rings. The van der Waals surface area contributed by atoms with Gasteiger partial charge in [-0.2, -0.15) is 0 Å². The molecule has 0 radical (unpaired) electrons. The van der Waals surface area contributed by atoms with E-state index in [-0.39, 0.29) is 30.2 Å². The van der Waals surface area contributed by atoms with Crippen molar-refractivity contribution < 1.29 is 9.53 Å². The Morgan fingerprint density at radius 1 is 1.11 bits per heavy atom. The van der Waals surface area contributed by atoms with Crippen LogP contribution in [0.25, 0.3) is 10.9 Å². The summed E-state index contributed by atoms with van der Waals surface area (Å²) in [5.41, 5.74) is 3.42. The van der Waals surface area contributed by atoms with Crippen molar-refractivity contribution in [3.05, 3.63) is 65.9 Å². The number of hydrogen-bond donors (Lipinski definition) is 3. The molecule has 2 unspecified atom stereocenters. The van der Waals surface area contributed by atoms with Crippen molar-refractivity contribution in [2.75, 3.05) is 27.2 Å². The number of aromatic nitrogens is 1. The van der Waals surface area contributed by atoms with Gasteiger partial charge in [-0.25, -0.2) is 0 Å². The van der Waals surface area contributed by atoms with Crippen LogP contribution < -0.4 is 15.4 Å². The van der Waals surface area contributed by atoms with Gasteiger partial charge in [-0.3, -0.25) is 4.79 Å². The number of hydrogen-bond acceptors (Lipinski definition) is 3. The van der Waals surface area contributed by atoms with E-state index in [1.54, 1.807) is 7.11 Å². The number of nitrogens with one attached hydrogen (secondary N) is 3. The molecule has 0 bridgehead atoms. The smallest absolute Gasteiger partial charge is 0.224 e. The second-order valence-corrected chi connectivity index (χ2v) is 6.82. The van der Waals surface area contributed by atoms with Crippen LogP contribution >= 0.6 is 12.4 Å². The maximum absolute atomic E-state index is 12.4. The number of carbonyl (C=O) groups excluding carboxylic acids is 1. The topological polar surface area (TPSA) is 66.2 Å². The van der Waals surface area contributed by atoms with Crippen LogP contribution in [-0.2, 0) is 4.79 Å². The summed E-state index contributed by atoms with van der Waals surface area (Å²) in [6.45, 7) is 3.13. The van der Waals surface area contributed by atoms with Crippen LogP contribution in [0.4, 0.5) is 0 Å². The average molecular weight is 402 g/mol. The first-order valence-corrected chi connectivity index (χ1v) is 9.26. The van der Waals surface area contributed by atoms with Crippen LogP contribution in [-0.4, -0.2) is 38.1 Å². The van der Waals surface area contributed by atoms with Crippen molar-refractivity contribution in [2.45, 2.75) is 12.8 Å². The van der Waals surface area contributed by atoms with Gasteiger partial charge in [0, 0.05) is 42.0 Å². The van der Waals surface area contributed by atoms with Crippen LogP contribution in [0.3, 0.4) is 0 Å². The van der Waals surface area contributed by atoms with Crippen molar-refractivity contribution in [3.63, 3.8) is 0 Å². The molecule has 0 spiro atoms. The number of para-hydroxylation sites is 1. The third kappa shape index (κ3) is 4.86. The summed E-state index contributed by atoms with van der Waals surface area (Å²) in [7, 11) is 3.52. The lowest BCUT2D eigenvalue weighted by Crippen LogP contribution is -2.36. The highest BCUT2D eigenvalue weighted by atomic mass is 35.5. The maximum Gasteiger partial charge on any atom is 0.224 e. The Morgan fingerprint density at radius 3 is 2.50 bits per heavy atom. The van der Waals surface area contributed by atoms with Crippen molar-refractivity contribution >= 4 is 29.2 Å². The summed E-state index contributed by atoms with van der Waals surface area (Å²) in [5.74, 6) is 0.859. The van der Waals surface area contributed by atoms with Gasteiger partial charge >= 0.3 is 0 Å². The summed E-state index contributed by atoms with van der Waals surface area (Å²) in [4.78, 5) is 15.8. The van der Waals surface area contributed by atoms with Crippen molar-refractivity contribution in [3.8, 4) is 5.75 Å². The summed E-state index contributed by atoms with van der Waals surface area (Å²) < 4.78 is 5.28. The standard InChI is InChI=1S/C22H27N3O2.ClH/c1-15(12-23-2)22(26)25-13-19(16-8-10-17(27-3)11-9-16)20-14-24-21-7-5-4-6-18(20)21;/h4-11,14-15,19,23-24H,12-13H2,1-3H3,(H,25,26);1H. The van der Waals surface area contributed by atoms with E-state index >= 15 is 0 Å². The Balaban J connectivity index is 0.00000280. The molecule has 5 nitrogen and oxygen atoms in total. The van der Waals surface area contributed by atoms with Gasteiger partial charge in [0.15, 0.2) is 0 Å². The quantitative estimate of drug-likeness (QED) is 0.539. The van der Waals surface area contributed by atoms with E-state index in [1.807, 2.05) is 44.4 Å². The van der Waals surface area contributed by atoms with E-state index in [0.717, 1.165) is 16.8 Å². The van der Waals surface area contributed by atoms with Crippen LogP contribution in [0.5, 0.6) is 5.75 Å². The number of rotatable bonds is 8. The predicted octanol–water partition coefficient (Wildman–Crippen LogP) is 3.70. The second kappa shape index (κ2) is 10.2. The predicted molar refractivity (Wildman–Crippen MR) is 116 cm³/mol. The molecule has 150 valence electrons. The zero-order valence-electron chi connectivity index (χ0n) is 16.5. The minimum Gasteiger partial charge on any atom is -0.497 e. The molecule has 6 heteroatoms. The molecule has 0 aliphatic carbocycles. The molecule has 2 atom stereocenters. The number of carbonyl (C=O) groups is 1. The first kappa shape index (κ1) is 21.8. The maximum atomic E-state index is 12.4. The molecule has 28 heavy (non-hydrogen) atoms. The number of halogens is 1. The molecular formula is C22H28ClN3O2. The number of fused-ring (bicyclic) bond motifs is 1. The minimum absolute atomic E-state index is 0. The molecule has 2 aromatic carbocycles. The van der Waals surface area contributed by atoms with Gasteiger partial charge < -0.3 is 20.4 Å². The number of ether oxygens (including phenoxy) is 1. The summed E-state index contributed by atoms with van der Waals surface area (Å²) in [5, 5.41) is 7.35. The van der Waals surface area contributed by atoms with Crippen LogP contribution in [0, 0.1) is 5.92 Å². The lowest BCUT2D eigenvalue weighted by atomic mass is 9.90. The molecule has 1 heterocycles. The van der Waals surface area contributed by atoms with Gasteiger partial charge in [-0.1, -0.05) is 37.3 Å². The molecule has 3 aromatic rings. The van der Waals surface area contributed by atoms with Gasteiger partial charge in [0.1, 0.15) is 5.75 Å². The third-order valence-electron chi connectivity index (χ3n) is 4.95. The van der Waals surface area contributed by atoms with Gasteiger partial charge in [0.05, 0.1) is 7.11 Å². The molecule has 3 N–H and O–H groups in total. The Bertz CT molecular complexity index is 892. The van der Waals surface area contributed by atoms with Crippen molar-refractivity contribution in [2.24, 2.45) is 5.92 Å². The fourth-order valence-electron chi connectivity index (χ4n) is 3.40. The van der Waals surface area contributed by atoms with E-state index in [0.29, 0.717) is 13.1 Å². The first-order chi connectivity index (χ1) is 13.1. The highest BCUT2D eigenvalue weighted by Gasteiger charge is 2.20. The molecule has 0 aliphatic rings. The Kier molecular flexibility index (Phi) is 7.91. The van der Waals surface area contributed by atoms with Gasteiger partial charge in [-0.15, -0.1) is 12.4 Å². The normalized spacial score (nSPS) is 12.8. The highest BCUT2D eigenvalue weighted by molar-refractivity contribution is 5.85. The number of methoxy groups -OCH3 is 1. The summed E-state index contributed by atoms with van der Waals surface area (Å²) in [6, 6.07) is 16.3. The number of amides is 1. The summed E-state index contributed by atoms with van der Waals surface area (Å²) in [6.07, 6.45) is 2.04.